The second kappa shape index (κ2) is 4.73. The normalized spacial score (nSPS) is 32.5. The minimum Gasteiger partial charge on any atom is -0.339 e. The van der Waals surface area contributed by atoms with Gasteiger partial charge in [0.05, 0.1) is 0 Å². The summed E-state index contributed by atoms with van der Waals surface area (Å²) >= 11 is 5.75. The van der Waals surface area contributed by atoms with E-state index in [-0.39, 0.29) is 11.8 Å². The predicted molar refractivity (Wildman–Crippen MR) is 62.0 cm³/mol. The van der Waals surface area contributed by atoms with E-state index >= 15 is 0 Å². The third kappa shape index (κ3) is 2.15. The van der Waals surface area contributed by atoms with E-state index in [0.717, 1.165) is 12.5 Å². The highest BCUT2D eigenvalue weighted by molar-refractivity contribution is 6.19. The average Bonchev–Trinajstić information content (AvgIpc) is 2.70. The largest absolute Gasteiger partial charge is 0.339 e. The Morgan fingerprint density at radius 2 is 2.13 bits per heavy atom. The van der Waals surface area contributed by atoms with Gasteiger partial charge in [0.25, 0.3) is 0 Å². The highest BCUT2D eigenvalue weighted by Crippen LogP contribution is 2.36. The Balaban J connectivity index is 2.01. The van der Waals surface area contributed by atoms with E-state index in [1.165, 1.54) is 32.1 Å². The SMILES string of the molecule is CC(CCl)C(=O)N1CC[C@@H]2CCCC[C@@H]21. The summed E-state index contributed by atoms with van der Waals surface area (Å²) in [5.74, 6) is 1.50. The van der Waals surface area contributed by atoms with Crippen LogP contribution in [0.25, 0.3) is 0 Å². The molecule has 1 aliphatic carbocycles. The van der Waals surface area contributed by atoms with Gasteiger partial charge < -0.3 is 4.90 Å². The number of hydrogen-bond acceptors (Lipinski definition) is 1. The lowest BCUT2D eigenvalue weighted by Crippen LogP contribution is -2.42. The van der Waals surface area contributed by atoms with Gasteiger partial charge in [-0.25, -0.2) is 0 Å². The van der Waals surface area contributed by atoms with Crippen LogP contribution in [0, 0.1) is 11.8 Å². The van der Waals surface area contributed by atoms with Gasteiger partial charge in [0.15, 0.2) is 0 Å². The zero-order valence-corrected chi connectivity index (χ0v) is 10.2. The van der Waals surface area contributed by atoms with Crippen molar-refractivity contribution in [3.63, 3.8) is 0 Å². The van der Waals surface area contributed by atoms with Crippen molar-refractivity contribution >= 4 is 17.5 Å². The van der Waals surface area contributed by atoms with Gasteiger partial charge >= 0.3 is 0 Å². The average molecular weight is 230 g/mol. The highest BCUT2D eigenvalue weighted by Gasteiger charge is 2.38. The molecule has 1 aliphatic heterocycles. The molecule has 2 aliphatic rings. The predicted octanol–water partition coefficient (Wildman–Crippen LogP) is 2.65. The third-order valence-corrected chi connectivity index (χ3v) is 4.41. The molecule has 0 bridgehead atoms. The molecule has 1 heterocycles. The summed E-state index contributed by atoms with van der Waals surface area (Å²) < 4.78 is 0. The molecule has 15 heavy (non-hydrogen) atoms. The molecule has 3 atom stereocenters. The van der Waals surface area contributed by atoms with Crippen LogP contribution in [-0.2, 0) is 4.79 Å². The smallest absolute Gasteiger partial charge is 0.226 e. The van der Waals surface area contributed by atoms with E-state index in [4.69, 9.17) is 11.6 Å². The Bertz CT molecular complexity index is 244. The van der Waals surface area contributed by atoms with Gasteiger partial charge in [0, 0.05) is 24.4 Å². The van der Waals surface area contributed by atoms with Crippen molar-refractivity contribution < 1.29 is 4.79 Å². The summed E-state index contributed by atoms with van der Waals surface area (Å²) in [6, 6.07) is 0.539. The fraction of sp³-hybridized carbons (Fsp3) is 0.917. The maximum atomic E-state index is 12.1. The lowest BCUT2D eigenvalue weighted by atomic mass is 9.85. The van der Waals surface area contributed by atoms with Crippen molar-refractivity contribution in [3.8, 4) is 0 Å². The van der Waals surface area contributed by atoms with E-state index in [1.807, 2.05) is 6.92 Å². The fourth-order valence-corrected chi connectivity index (χ4v) is 3.16. The van der Waals surface area contributed by atoms with Crippen LogP contribution < -0.4 is 0 Å². The summed E-state index contributed by atoms with van der Waals surface area (Å²) in [6.45, 7) is 2.90. The molecule has 0 N–H and O–H groups in total. The van der Waals surface area contributed by atoms with Crippen LogP contribution in [0.4, 0.5) is 0 Å². The highest BCUT2D eigenvalue weighted by atomic mass is 35.5. The maximum absolute atomic E-state index is 12.1. The van der Waals surface area contributed by atoms with Crippen molar-refractivity contribution in [1.29, 1.82) is 0 Å². The Labute approximate surface area is 97.0 Å². The Hall–Kier alpha value is -0.240. The zero-order chi connectivity index (χ0) is 10.8. The number of alkyl halides is 1. The quantitative estimate of drug-likeness (QED) is 0.667. The van der Waals surface area contributed by atoms with Crippen LogP contribution in [0.3, 0.4) is 0 Å². The molecule has 0 aromatic carbocycles. The van der Waals surface area contributed by atoms with Crippen molar-refractivity contribution in [2.45, 2.75) is 45.1 Å². The molecule has 2 fully saturated rings. The molecule has 1 saturated carbocycles. The van der Waals surface area contributed by atoms with Gasteiger partial charge in [-0.3, -0.25) is 4.79 Å². The lowest BCUT2D eigenvalue weighted by molar-refractivity contribution is -0.135. The van der Waals surface area contributed by atoms with Crippen LogP contribution in [0.1, 0.15) is 39.0 Å². The Morgan fingerprint density at radius 1 is 1.40 bits per heavy atom. The second-order valence-electron chi connectivity index (χ2n) is 4.99. The number of carbonyl (C=O) groups is 1. The first-order valence-corrected chi connectivity index (χ1v) is 6.64. The van der Waals surface area contributed by atoms with Crippen LogP contribution >= 0.6 is 11.6 Å². The number of amides is 1. The van der Waals surface area contributed by atoms with Gasteiger partial charge in [-0.05, 0) is 25.2 Å². The number of hydrogen-bond donors (Lipinski definition) is 0. The third-order valence-electron chi connectivity index (χ3n) is 3.95. The fourth-order valence-electron chi connectivity index (χ4n) is 3.03. The molecular weight excluding hydrogens is 210 g/mol. The molecule has 2 nitrogen and oxygen atoms in total. The standard InChI is InChI=1S/C12H20ClNO/c1-9(8-13)12(15)14-7-6-10-4-2-3-5-11(10)14/h9-11H,2-8H2,1H3/t9?,10-,11-/m0/s1. The minimum atomic E-state index is -0.00709. The molecule has 1 unspecified atom stereocenters. The number of rotatable bonds is 2. The molecule has 0 aromatic heterocycles. The van der Waals surface area contributed by atoms with Gasteiger partial charge in [0.1, 0.15) is 0 Å². The topological polar surface area (TPSA) is 20.3 Å². The monoisotopic (exact) mass is 229 g/mol. The molecule has 0 radical (unpaired) electrons. The Morgan fingerprint density at radius 3 is 2.87 bits per heavy atom. The molecular formula is C12H20ClNO. The van der Waals surface area contributed by atoms with Gasteiger partial charge in [-0.1, -0.05) is 19.8 Å². The van der Waals surface area contributed by atoms with E-state index < -0.39 is 0 Å². The summed E-state index contributed by atoms with van der Waals surface area (Å²) in [5.41, 5.74) is 0. The van der Waals surface area contributed by atoms with Gasteiger partial charge in [-0.15, -0.1) is 11.6 Å². The van der Waals surface area contributed by atoms with Crippen LogP contribution in [0.5, 0.6) is 0 Å². The molecule has 3 heteroatoms. The van der Waals surface area contributed by atoms with E-state index in [9.17, 15) is 4.79 Å². The maximum Gasteiger partial charge on any atom is 0.226 e. The van der Waals surface area contributed by atoms with E-state index in [2.05, 4.69) is 4.90 Å². The number of nitrogens with zero attached hydrogens (tertiary/aromatic N) is 1. The minimum absolute atomic E-state index is 0.00709. The van der Waals surface area contributed by atoms with Crippen molar-refractivity contribution in [3.05, 3.63) is 0 Å². The summed E-state index contributed by atoms with van der Waals surface area (Å²) in [6.07, 6.45) is 6.40. The van der Waals surface area contributed by atoms with Crippen molar-refractivity contribution in [1.82, 2.24) is 4.90 Å². The summed E-state index contributed by atoms with van der Waals surface area (Å²) in [5, 5.41) is 0. The molecule has 86 valence electrons. The first-order chi connectivity index (χ1) is 7.24. The molecule has 1 amide bonds. The number of likely N-dealkylation sites (tertiary alicyclic amines) is 1. The number of carbonyl (C=O) groups excluding carboxylic acids is 1. The van der Waals surface area contributed by atoms with Gasteiger partial charge in [0.2, 0.25) is 5.91 Å². The van der Waals surface area contributed by atoms with Crippen molar-refractivity contribution in [2.24, 2.45) is 11.8 Å². The first kappa shape index (κ1) is 11.3. The Kier molecular flexibility index (Phi) is 3.55. The molecule has 0 spiro atoms. The van der Waals surface area contributed by atoms with Crippen LogP contribution in [-0.4, -0.2) is 29.3 Å². The summed E-state index contributed by atoms with van der Waals surface area (Å²) in [7, 11) is 0. The molecule has 0 aromatic rings. The van der Waals surface area contributed by atoms with Crippen LogP contribution in [0.2, 0.25) is 0 Å². The molecule has 1 saturated heterocycles. The van der Waals surface area contributed by atoms with Crippen LogP contribution in [0.15, 0.2) is 0 Å². The summed E-state index contributed by atoms with van der Waals surface area (Å²) in [4.78, 5) is 14.2. The number of fused-ring (bicyclic) bond motifs is 1. The van der Waals surface area contributed by atoms with Gasteiger partial charge in [-0.2, -0.15) is 0 Å². The second-order valence-corrected chi connectivity index (χ2v) is 5.30. The van der Waals surface area contributed by atoms with E-state index in [0.29, 0.717) is 11.9 Å². The van der Waals surface area contributed by atoms with Crippen molar-refractivity contribution in [2.75, 3.05) is 12.4 Å². The lowest BCUT2D eigenvalue weighted by Gasteiger charge is -2.32. The zero-order valence-electron chi connectivity index (χ0n) is 9.42. The first-order valence-electron chi connectivity index (χ1n) is 6.10. The van der Waals surface area contributed by atoms with E-state index in [1.54, 1.807) is 0 Å². The molecule has 2 rings (SSSR count). The number of halogens is 1.